The molecule has 0 radical (unpaired) electrons. The van der Waals surface area contributed by atoms with Crippen molar-refractivity contribution in [2.45, 2.75) is 19.4 Å². The van der Waals surface area contributed by atoms with Gasteiger partial charge in [0, 0.05) is 18.7 Å². The smallest absolute Gasteiger partial charge is 0.319 e. The van der Waals surface area contributed by atoms with Crippen molar-refractivity contribution >= 4 is 33.3 Å². The summed E-state index contributed by atoms with van der Waals surface area (Å²) in [5.74, 6) is 0. The second-order valence-electron chi connectivity index (χ2n) is 5.02. The fraction of sp³-hybridized carbons (Fsp3) is 0.188. The number of nitrogens with zero attached hydrogens (tertiary/aromatic N) is 2. The van der Waals surface area contributed by atoms with Gasteiger partial charge in [0.05, 0.1) is 27.1 Å². The number of benzene rings is 1. The van der Waals surface area contributed by atoms with Crippen LogP contribution in [0, 0.1) is 0 Å². The average molecular weight is 312 g/mol. The molecule has 2 heterocycles. The van der Waals surface area contributed by atoms with Crippen LogP contribution >= 0.6 is 11.3 Å². The number of pyridine rings is 1. The van der Waals surface area contributed by atoms with E-state index in [1.807, 2.05) is 25.1 Å². The van der Waals surface area contributed by atoms with Crippen LogP contribution in [0.15, 0.2) is 48.8 Å². The molecule has 0 spiro atoms. The van der Waals surface area contributed by atoms with E-state index in [-0.39, 0.29) is 12.1 Å². The maximum Gasteiger partial charge on any atom is 0.319 e. The Morgan fingerprint density at radius 2 is 2.14 bits per heavy atom. The normalized spacial score (nSPS) is 12.0. The van der Waals surface area contributed by atoms with Crippen molar-refractivity contribution in [1.29, 1.82) is 0 Å². The molecule has 0 saturated heterocycles. The number of urea groups is 1. The molecule has 1 atom stereocenters. The third-order valence-corrected chi connectivity index (χ3v) is 4.17. The second kappa shape index (κ2) is 6.53. The lowest BCUT2D eigenvalue weighted by molar-refractivity contribution is 0.249. The zero-order valence-electron chi connectivity index (χ0n) is 12.1. The average Bonchev–Trinajstić information content (AvgIpc) is 2.89. The number of thiazole rings is 1. The summed E-state index contributed by atoms with van der Waals surface area (Å²) in [5, 5.41) is 6.69. The summed E-state index contributed by atoms with van der Waals surface area (Å²) < 4.78 is 1.17. The Morgan fingerprint density at radius 1 is 1.27 bits per heavy atom. The maximum absolute atomic E-state index is 11.9. The summed E-state index contributed by atoms with van der Waals surface area (Å²) in [6, 6.07) is 11.4. The molecule has 1 aromatic carbocycles. The van der Waals surface area contributed by atoms with Crippen LogP contribution in [0.3, 0.4) is 0 Å². The molecule has 3 rings (SSSR count). The van der Waals surface area contributed by atoms with E-state index < -0.39 is 0 Å². The summed E-state index contributed by atoms with van der Waals surface area (Å²) in [6.07, 6.45) is 3.98. The first kappa shape index (κ1) is 14.5. The molecule has 0 unspecified atom stereocenters. The van der Waals surface area contributed by atoms with E-state index in [9.17, 15) is 4.79 Å². The lowest BCUT2D eigenvalue weighted by Crippen LogP contribution is -2.37. The number of fused-ring (bicyclic) bond motifs is 1. The van der Waals surface area contributed by atoms with Crippen LogP contribution in [0.25, 0.3) is 10.2 Å². The van der Waals surface area contributed by atoms with Gasteiger partial charge < -0.3 is 10.6 Å². The van der Waals surface area contributed by atoms with Gasteiger partial charge in [-0.15, -0.1) is 11.3 Å². The SMILES string of the molecule is C[C@H](Cc1nc2ccccc2s1)NC(=O)Nc1cccnc1. The highest BCUT2D eigenvalue weighted by Crippen LogP contribution is 2.22. The Kier molecular flexibility index (Phi) is 4.29. The number of carbonyl (C=O) groups is 1. The summed E-state index contributed by atoms with van der Waals surface area (Å²) in [6.45, 7) is 1.97. The minimum atomic E-state index is -0.235. The number of amides is 2. The topological polar surface area (TPSA) is 66.9 Å². The highest BCUT2D eigenvalue weighted by Gasteiger charge is 2.11. The molecule has 0 aliphatic heterocycles. The standard InChI is InChI=1S/C16H16N4OS/c1-11(18-16(21)19-12-5-4-8-17-10-12)9-15-20-13-6-2-3-7-14(13)22-15/h2-8,10-11H,9H2,1H3,(H2,18,19,21)/t11-/m1/s1. The number of nitrogens with one attached hydrogen (secondary N) is 2. The number of hydrogen-bond donors (Lipinski definition) is 2. The predicted octanol–water partition coefficient (Wildman–Crippen LogP) is 3.44. The summed E-state index contributed by atoms with van der Waals surface area (Å²) in [4.78, 5) is 20.5. The van der Waals surface area contributed by atoms with Crippen molar-refractivity contribution < 1.29 is 4.79 Å². The Balaban J connectivity index is 1.57. The third-order valence-electron chi connectivity index (χ3n) is 3.12. The minimum Gasteiger partial charge on any atom is -0.335 e. The molecule has 2 amide bonds. The molecule has 2 N–H and O–H groups in total. The molecule has 6 heteroatoms. The first-order valence-electron chi connectivity index (χ1n) is 7.03. The van der Waals surface area contributed by atoms with Gasteiger partial charge in [0.1, 0.15) is 0 Å². The predicted molar refractivity (Wildman–Crippen MR) is 89.2 cm³/mol. The Labute approximate surface area is 132 Å². The summed E-state index contributed by atoms with van der Waals surface area (Å²) in [7, 11) is 0. The molecule has 3 aromatic rings. The van der Waals surface area contributed by atoms with Gasteiger partial charge in [-0.2, -0.15) is 0 Å². The lowest BCUT2D eigenvalue weighted by atomic mass is 10.2. The molecule has 112 valence electrons. The molecule has 0 fully saturated rings. The quantitative estimate of drug-likeness (QED) is 0.775. The van der Waals surface area contributed by atoms with E-state index in [0.29, 0.717) is 12.1 Å². The molecular formula is C16H16N4OS. The van der Waals surface area contributed by atoms with Gasteiger partial charge in [0.2, 0.25) is 0 Å². The first-order valence-corrected chi connectivity index (χ1v) is 7.84. The van der Waals surface area contributed by atoms with Gasteiger partial charge in [0.25, 0.3) is 0 Å². The van der Waals surface area contributed by atoms with Crippen molar-refractivity contribution in [3.8, 4) is 0 Å². The van der Waals surface area contributed by atoms with Gasteiger partial charge in [-0.05, 0) is 31.2 Å². The molecule has 0 aliphatic rings. The minimum absolute atomic E-state index is 0.00256. The molecule has 0 saturated carbocycles. The van der Waals surface area contributed by atoms with Crippen LogP contribution in [0.1, 0.15) is 11.9 Å². The van der Waals surface area contributed by atoms with Crippen LogP contribution in [-0.4, -0.2) is 22.0 Å². The highest BCUT2D eigenvalue weighted by atomic mass is 32.1. The Hall–Kier alpha value is -2.47. The number of aromatic nitrogens is 2. The van der Waals surface area contributed by atoms with Crippen molar-refractivity contribution in [2.75, 3.05) is 5.32 Å². The second-order valence-corrected chi connectivity index (χ2v) is 6.14. The zero-order valence-corrected chi connectivity index (χ0v) is 12.9. The number of carbonyl (C=O) groups excluding carboxylic acids is 1. The Bertz CT molecular complexity index is 739. The van der Waals surface area contributed by atoms with Gasteiger partial charge >= 0.3 is 6.03 Å². The van der Waals surface area contributed by atoms with E-state index in [1.165, 1.54) is 4.70 Å². The van der Waals surface area contributed by atoms with Gasteiger partial charge in [-0.25, -0.2) is 9.78 Å². The van der Waals surface area contributed by atoms with Crippen molar-refractivity contribution in [3.63, 3.8) is 0 Å². The number of hydrogen-bond acceptors (Lipinski definition) is 4. The fourth-order valence-corrected chi connectivity index (χ4v) is 3.24. The van der Waals surface area contributed by atoms with Gasteiger partial charge in [0.15, 0.2) is 0 Å². The highest BCUT2D eigenvalue weighted by molar-refractivity contribution is 7.18. The van der Waals surface area contributed by atoms with Crippen LogP contribution in [0.5, 0.6) is 0 Å². The molecule has 0 bridgehead atoms. The monoisotopic (exact) mass is 312 g/mol. The van der Waals surface area contributed by atoms with Gasteiger partial charge in [-0.1, -0.05) is 12.1 Å². The van der Waals surface area contributed by atoms with Crippen LogP contribution in [0.4, 0.5) is 10.5 Å². The van der Waals surface area contributed by atoms with Crippen molar-refractivity contribution in [3.05, 3.63) is 53.8 Å². The number of anilines is 1. The maximum atomic E-state index is 11.9. The van der Waals surface area contributed by atoms with Crippen LogP contribution in [-0.2, 0) is 6.42 Å². The van der Waals surface area contributed by atoms with E-state index in [1.54, 1.807) is 35.9 Å². The van der Waals surface area contributed by atoms with Crippen molar-refractivity contribution in [2.24, 2.45) is 0 Å². The number of rotatable bonds is 4. The van der Waals surface area contributed by atoms with Crippen molar-refractivity contribution in [1.82, 2.24) is 15.3 Å². The van der Waals surface area contributed by atoms with Gasteiger partial charge in [-0.3, -0.25) is 4.98 Å². The van der Waals surface area contributed by atoms with E-state index >= 15 is 0 Å². The Morgan fingerprint density at radius 3 is 2.91 bits per heavy atom. The fourth-order valence-electron chi connectivity index (χ4n) is 2.15. The van der Waals surface area contributed by atoms with E-state index in [2.05, 4.69) is 26.7 Å². The van der Waals surface area contributed by atoms with Crippen LogP contribution < -0.4 is 10.6 Å². The summed E-state index contributed by atoms with van der Waals surface area (Å²) in [5.41, 5.74) is 1.68. The first-order chi connectivity index (χ1) is 10.7. The molecule has 22 heavy (non-hydrogen) atoms. The largest absolute Gasteiger partial charge is 0.335 e. The van der Waals surface area contributed by atoms with Crippen LogP contribution in [0.2, 0.25) is 0 Å². The third kappa shape index (κ3) is 3.59. The zero-order chi connectivity index (χ0) is 15.4. The number of para-hydroxylation sites is 1. The summed E-state index contributed by atoms with van der Waals surface area (Å²) >= 11 is 1.66. The molecular weight excluding hydrogens is 296 g/mol. The molecule has 2 aromatic heterocycles. The lowest BCUT2D eigenvalue weighted by Gasteiger charge is -2.13. The van der Waals surface area contributed by atoms with E-state index in [0.717, 1.165) is 10.5 Å². The van der Waals surface area contributed by atoms with E-state index in [4.69, 9.17) is 0 Å². The molecule has 5 nitrogen and oxygen atoms in total. The molecule has 0 aliphatic carbocycles.